The minimum Gasteiger partial charge on any atom is -0.508 e. The minimum absolute atomic E-state index is 0.0118. The summed E-state index contributed by atoms with van der Waals surface area (Å²) in [6.07, 6.45) is 1.57. The lowest BCUT2D eigenvalue weighted by molar-refractivity contribution is 0.0240. The molecule has 0 atom stereocenters. The molecule has 1 aromatic carbocycles. The van der Waals surface area contributed by atoms with Crippen molar-refractivity contribution in [3.63, 3.8) is 0 Å². The first-order valence-electron chi connectivity index (χ1n) is 4.98. The van der Waals surface area contributed by atoms with Gasteiger partial charge in [0.2, 0.25) is 0 Å². The van der Waals surface area contributed by atoms with E-state index in [1.54, 1.807) is 0 Å². The molecule has 0 amide bonds. The zero-order valence-corrected chi connectivity index (χ0v) is 8.28. The third-order valence-electron chi connectivity index (χ3n) is 2.38. The van der Waals surface area contributed by atoms with Gasteiger partial charge in [-0.15, -0.1) is 0 Å². The zero-order valence-electron chi connectivity index (χ0n) is 8.28. The average molecular weight is 212 g/mol. The van der Waals surface area contributed by atoms with Gasteiger partial charge in [0.15, 0.2) is 11.6 Å². The first-order chi connectivity index (χ1) is 7.25. The highest BCUT2D eigenvalue weighted by Crippen LogP contribution is 2.24. The van der Waals surface area contributed by atoms with E-state index < -0.39 is 5.82 Å². The summed E-state index contributed by atoms with van der Waals surface area (Å²) in [5.41, 5.74) is 0. The van der Waals surface area contributed by atoms with E-state index in [-0.39, 0.29) is 17.6 Å². The molecule has 15 heavy (non-hydrogen) atoms. The Kier molecular flexibility index (Phi) is 3.06. The molecule has 1 aliphatic heterocycles. The Morgan fingerprint density at radius 1 is 1.33 bits per heavy atom. The van der Waals surface area contributed by atoms with Gasteiger partial charge in [-0.25, -0.2) is 4.39 Å². The molecule has 0 radical (unpaired) electrons. The number of halogens is 1. The molecule has 0 saturated carbocycles. The van der Waals surface area contributed by atoms with Crippen LogP contribution >= 0.6 is 0 Å². The molecule has 4 heteroatoms. The Labute approximate surface area is 87.4 Å². The molecule has 1 aliphatic rings. The number of aromatic hydroxyl groups is 1. The van der Waals surface area contributed by atoms with Crippen molar-refractivity contribution in [2.45, 2.75) is 18.9 Å². The van der Waals surface area contributed by atoms with Crippen molar-refractivity contribution >= 4 is 0 Å². The van der Waals surface area contributed by atoms with E-state index in [0.29, 0.717) is 13.2 Å². The molecule has 1 fully saturated rings. The SMILES string of the molecule is Oc1ccc(OC2CCOCC2)c(F)c1. The minimum atomic E-state index is -0.526. The predicted octanol–water partition coefficient (Wildman–Crippen LogP) is 2.09. The highest BCUT2D eigenvalue weighted by Gasteiger charge is 2.16. The van der Waals surface area contributed by atoms with Gasteiger partial charge in [-0.2, -0.15) is 0 Å². The van der Waals surface area contributed by atoms with E-state index in [1.807, 2.05) is 0 Å². The van der Waals surface area contributed by atoms with E-state index in [9.17, 15) is 4.39 Å². The second-order valence-electron chi connectivity index (χ2n) is 3.54. The predicted molar refractivity (Wildman–Crippen MR) is 52.5 cm³/mol. The van der Waals surface area contributed by atoms with Gasteiger partial charge in [-0.05, 0) is 12.1 Å². The lowest BCUT2D eigenvalue weighted by atomic mass is 10.1. The molecule has 2 rings (SSSR count). The van der Waals surface area contributed by atoms with Gasteiger partial charge in [0.25, 0.3) is 0 Å². The number of ether oxygens (including phenoxy) is 2. The fourth-order valence-electron chi connectivity index (χ4n) is 1.56. The Morgan fingerprint density at radius 2 is 2.07 bits per heavy atom. The smallest absolute Gasteiger partial charge is 0.168 e. The normalized spacial score (nSPS) is 17.7. The summed E-state index contributed by atoms with van der Waals surface area (Å²) in [5.74, 6) is -0.423. The number of hydrogen-bond acceptors (Lipinski definition) is 3. The maximum atomic E-state index is 13.3. The third kappa shape index (κ3) is 2.59. The molecule has 1 aromatic rings. The molecule has 0 spiro atoms. The van der Waals surface area contributed by atoms with Crippen LogP contribution in [0.3, 0.4) is 0 Å². The summed E-state index contributed by atoms with van der Waals surface area (Å²) >= 11 is 0. The maximum absolute atomic E-state index is 13.3. The van der Waals surface area contributed by atoms with Gasteiger partial charge in [0.05, 0.1) is 13.2 Å². The van der Waals surface area contributed by atoms with E-state index in [0.717, 1.165) is 18.9 Å². The fourth-order valence-corrected chi connectivity index (χ4v) is 1.56. The van der Waals surface area contributed by atoms with Crippen molar-refractivity contribution < 1.29 is 19.0 Å². The van der Waals surface area contributed by atoms with Crippen LogP contribution in [0.25, 0.3) is 0 Å². The summed E-state index contributed by atoms with van der Waals surface area (Å²) in [6.45, 7) is 1.31. The lowest BCUT2D eigenvalue weighted by Crippen LogP contribution is -2.26. The van der Waals surface area contributed by atoms with Crippen molar-refractivity contribution in [1.82, 2.24) is 0 Å². The van der Waals surface area contributed by atoms with E-state index in [1.165, 1.54) is 12.1 Å². The van der Waals surface area contributed by atoms with Crippen LogP contribution < -0.4 is 4.74 Å². The molecule has 1 N–H and O–H groups in total. The largest absolute Gasteiger partial charge is 0.508 e. The first-order valence-corrected chi connectivity index (χ1v) is 4.98. The number of hydrogen-bond donors (Lipinski definition) is 1. The van der Waals surface area contributed by atoms with Crippen LogP contribution in [0.4, 0.5) is 4.39 Å². The average Bonchev–Trinajstić information content (AvgIpc) is 2.24. The van der Waals surface area contributed by atoms with Gasteiger partial charge >= 0.3 is 0 Å². The van der Waals surface area contributed by atoms with Crippen LogP contribution in [0.1, 0.15) is 12.8 Å². The monoisotopic (exact) mass is 212 g/mol. The van der Waals surface area contributed by atoms with Gasteiger partial charge < -0.3 is 14.6 Å². The number of rotatable bonds is 2. The lowest BCUT2D eigenvalue weighted by Gasteiger charge is -2.23. The van der Waals surface area contributed by atoms with Crippen LogP contribution in [0.15, 0.2) is 18.2 Å². The van der Waals surface area contributed by atoms with Crippen LogP contribution in [0.5, 0.6) is 11.5 Å². The van der Waals surface area contributed by atoms with Gasteiger partial charge in [-0.1, -0.05) is 0 Å². The van der Waals surface area contributed by atoms with Crippen LogP contribution in [-0.2, 0) is 4.74 Å². The third-order valence-corrected chi connectivity index (χ3v) is 2.38. The Bertz CT molecular complexity index is 335. The highest BCUT2D eigenvalue weighted by atomic mass is 19.1. The van der Waals surface area contributed by atoms with Crippen LogP contribution in [-0.4, -0.2) is 24.4 Å². The highest BCUT2D eigenvalue weighted by molar-refractivity contribution is 5.32. The Balaban J connectivity index is 2.03. The quantitative estimate of drug-likeness (QED) is 0.815. The molecule has 0 aliphatic carbocycles. The summed E-state index contributed by atoms with van der Waals surface area (Å²) in [6, 6.07) is 3.91. The van der Waals surface area contributed by atoms with Crippen molar-refractivity contribution in [2.24, 2.45) is 0 Å². The van der Waals surface area contributed by atoms with Gasteiger partial charge in [0, 0.05) is 18.9 Å². The second-order valence-corrected chi connectivity index (χ2v) is 3.54. The van der Waals surface area contributed by atoms with Crippen molar-refractivity contribution in [3.05, 3.63) is 24.0 Å². The number of phenols is 1. The van der Waals surface area contributed by atoms with Gasteiger partial charge in [-0.3, -0.25) is 0 Å². The molecular weight excluding hydrogens is 199 g/mol. The summed E-state index contributed by atoms with van der Waals surface area (Å²) in [5, 5.41) is 9.03. The molecule has 1 saturated heterocycles. The van der Waals surface area contributed by atoms with E-state index >= 15 is 0 Å². The van der Waals surface area contributed by atoms with Crippen molar-refractivity contribution in [2.75, 3.05) is 13.2 Å². The van der Waals surface area contributed by atoms with Crippen molar-refractivity contribution in [3.8, 4) is 11.5 Å². The van der Waals surface area contributed by atoms with Gasteiger partial charge in [0.1, 0.15) is 11.9 Å². The maximum Gasteiger partial charge on any atom is 0.168 e. The Hall–Kier alpha value is -1.29. The molecule has 3 nitrogen and oxygen atoms in total. The molecule has 0 unspecified atom stereocenters. The van der Waals surface area contributed by atoms with E-state index in [2.05, 4.69) is 0 Å². The van der Waals surface area contributed by atoms with Crippen LogP contribution in [0.2, 0.25) is 0 Å². The summed E-state index contributed by atoms with van der Waals surface area (Å²) in [7, 11) is 0. The standard InChI is InChI=1S/C11H13FO3/c12-10-7-8(13)1-2-11(10)15-9-3-5-14-6-4-9/h1-2,7,9,13H,3-6H2. The summed E-state index contributed by atoms with van der Waals surface area (Å²) < 4.78 is 23.9. The summed E-state index contributed by atoms with van der Waals surface area (Å²) in [4.78, 5) is 0. The number of benzene rings is 1. The molecule has 0 aromatic heterocycles. The molecular formula is C11H13FO3. The molecule has 82 valence electrons. The molecule has 1 heterocycles. The topological polar surface area (TPSA) is 38.7 Å². The molecule has 0 bridgehead atoms. The first kappa shape index (κ1) is 10.2. The van der Waals surface area contributed by atoms with Crippen molar-refractivity contribution in [1.29, 1.82) is 0 Å². The van der Waals surface area contributed by atoms with Crippen LogP contribution in [0, 0.1) is 5.82 Å². The fraction of sp³-hybridized carbons (Fsp3) is 0.455. The zero-order chi connectivity index (χ0) is 10.7. The Morgan fingerprint density at radius 3 is 2.73 bits per heavy atom. The van der Waals surface area contributed by atoms with E-state index in [4.69, 9.17) is 14.6 Å². The second kappa shape index (κ2) is 4.49. The number of phenolic OH excluding ortho intramolecular Hbond substituents is 1.